The molecular formula is C9H18O2. The molecule has 2 unspecified atom stereocenters. The molecule has 0 aliphatic carbocycles. The van der Waals surface area contributed by atoms with Gasteiger partial charge in [0.15, 0.2) is 0 Å². The highest BCUT2D eigenvalue weighted by Gasteiger charge is 2.16. The lowest BCUT2D eigenvalue weighted by molar-refractivity contribution is 0.0214. The molecule has 0 radical (unpaired) electrons. The third-order valence-corrected chi connectivity index (χ3v) is 2.32. The van der Waals surface area contributed by atoms with E-state index >= 15 is 0 Å². The van der Waals surface area contributed by atoms with Crippen LogP contribution in [0.5, 0.6) is 0 Å². The molecule has 1 aliphatic rings. The normalized spacial score (nSPS) is 28.4. The summed E-state index contributed by atoms with van der Waals surface area (Å²) in [4.78, 5) is 0. The summed E-state index contributed by atoms with van der Waals surface area (Å²) in [6.07, 6.45) is 4.08. The van der Waals surface area contributed by atoms with E-state index in [1.54, 1.807) is 7.11 Å². The van der Waals surface area contributed by atoms with E-state index in [1.807, 2.05) is 0 Å². The molecule has 1 saturated heterocycles. The van der Waals surface area contributed by atoms with Crippen LogP contribution in [0, 0.1) is 5.92 Å². The fourth-order valence-corrected chi connectivity index (χ4v) is 1.56. The van der Waals surface area contributed by atoms with Crippen LogP contribution in [0.3, 0.4) is 0 Å². The van der Waals surface area contributed by atoms with E-state index in [0.29, 0.717) is 6.10 Å². The van der Waals surface area contributed by atoms with Crippen LogP contribution in [-0.4, -0.2) is 26.4 Å². The molecular weight excluding hydrogens is 140 g/mol. The smallest absolute Gasteiger partial charge is 0.0546 e. The molecule has 0 saturated carbocycles. The maximum atomic E-state index is 5.37. The molecule has 66 valence electrons. The first kappa shape index (κ1) is 9.01. The average molecular weight is 158 g/mol. The fourth-order valence-electron chi connectivity index (χ4n) is 1.56. The number of hydrogen-bond donors (Lipinski definition) is 0. The van der Waals surface area contributed by atoms with E-state index < -0.39 is 0 Å². The Balaban J connectivity index is 2.13. The first-order chi connectivity index (χ1) is 5.33. The second-order valence-corrected chi connectivity index (χ2v) is 3.37. The van der Waals surface area contributed by atoms with Gasteiger partial charge in [0.25, 0.3) is 0 Å². The molecule has 0 aromatic heterocycles. The molecule has 0 amide bonds. The zero-order valence-electron chi connectivity index (χ0n) is 7.51. The Morgan fingerprint density at radius 2 is 2.45 bits per heavy atom. The van der Waals surface area contributed by atoms with Crippen LogP contribution >= 0.6 is 0 Å². The van der Waals surface area contributed by atoms with Gasteiger partial charge in [0, 0.05) is 20.3 Å². The molecule has 1 rings (SSSR count). The highest BCUT2D eigenvalue weighted by Crippen LogP contribution is 2.19. The third-order valence-electron chi connectivity index (χ3n) is 2.32. The van der Waals surface area contributed by atoms with Crippen LogP contribution in [0.2, 0.25) is 0 Å². The molecule has 1 heterocycles. The molecule has 0 aromatic carbocycles. The minimum atomic E-state index is 0.390. The van der Waals surface area contributed by atoms with Crippen molar-refractivity contribution in [3.63, 3.8) is 0 Å². The number of rotatable bonds is 3. The van der Waals surface area contributed by atoms with Gasteiger partial charge in [-0.05, 0) is 32.1 Å². The van der Waals surface area contributed by atoms with Gasteiger partial charge < -0.3 is 9.47 Å². The van der Waals surface area contributed by atoms with Gasteiger partial charge in [-0.25, -0.2) is 0 Å². The largest absolute Gasteiger partial charge is 0.382 e. The summed E-state index contributed by atoms with van der Waals surface area (Å²) in [7, 11) is 1.77. The topological polar surface area (TPSA) is 18.5 Å². The summed E-state index contributed by atoms with van der Waals surface area (Å²) >= 11 is 0. The van der Waals surface area contributed by atoms with Crippen molar-refractivity contribution in [1.29, 1.82) is 0 Å². The summed E-state index contributed by atoms with van der Waals surface area (Å²) in [5, 5.41) is 0. The molecule has 2 heteroatoms. The van der Waals surface area contributed by atoms with Crippen molar-refractivity contribution in [3.05, 3.63) is 0 Å². The molecule has 0 spiro atoms. The van der Waals surface area contributed by atoms with E-state index in [9.17, 15) is 0 Å². The van der Waals surface area contributed by atoms with Crippen molar-refractivity contribution in [2.75, 3.05) is 20.3 Å². The zero-order chi connectivity index (χ0) is 8.10. The van der Waals surface area contributed by atoms with E-state index in [0.717, 1.165) is 25.6 Å². The van der Waals surface area contributed by atoms with Gasteiger partial charge in [-0.3, -0.25) is 0 Å². The molecule has 0 N–H and O–H groups in total. The first-order valence-corrected chi connectivity index (χ1v) is 4.43. The minimum Gasteiger partial charge on any atom is -0.382 e. The predicted molar refractivity (Wildman–Crippen MR) is 44.6 cm³/mol. The zero-order valence-corrected chi connectivity index (χ0v) is 7.51. The maximum Gasteiger partial charge on any atom is 0.0546 e. The second kappa shape index (κ2) is 4.73. The highest BCUT2D eigenvalue weighted by atomic mass is 16.5. The summed E-state index contributed by atoms with van der Waals surface area (Å²) in [6, 6.07) is 0. The van der Waals surface area contributed by atoms with E-state index in [4.69, 9.17) is 9.47 Å². The summed E-state index contributed by atoms with van der Waals surface area (Å²) < 4.78 is 10.6. The van der Waals surface area contributed by atoms with Crippen molar-refractivity contribution in [1.82, 2.24) is 0 Å². The number of ether oxygens (including phenoxy) is 2. The minimum absolute atomic E-state index is 0.390. The SMILES string of the molecule is COC(C)CC1CCCOC1. The van der Waals surface area contributed by atoms with Crippen molar-refractivity contribution < 1.29 is 9.47 Å². The summed E-state index contributed by atoms with van der Waals surface area (Å²) in [5.74, 6) is 0.735. The molecule has 0 bridgehead atoms. The Morgan fingerprint density at radius 1 is 1.64 bits per heavy atom. The van der Waals surface area contributed by atoms with Crippen LogP contribution < -0.4 is 0 Å². The number of methoxy groups -OCH3 is 1. The molecule has 1 aliphatic heterocycles. The molecule has 0 aromatic rings. The second-order valence-electron chi connectivity index (χ2n) is 3.37. The third kappa shape index (κ3) is 3.21. The summed E-state index contributed by atoms with van der Waals surface area (Å²) in [6.45, 7) is 4.01. The van der Waals surface area contributed by atoms with Crippen LogP contribution in [0.4, 0.5) is 0 Å². The van der Waals surface area contributed by atoms with E-state index in [1.165, 1.54) is 12.8 Å². The Morgan fingerprint density at radius 3 is 3.00 bits per heavy atom. The van der Waals surface area contributed by atoms with Crippen LogP contribution in [0.1, 0.15) is 26.2 Å². The lowest BCUT2D eigenvalue weighted by atomic mass is 9.96. The Kier molecular flexibility index (Phi) is 3.87. The first-order valence-electron chi connectivity index (χ1n) is 4.43. The van der Waals surface area contributed by atoms with Crippen molar-refractivity contribution >= 4 is 0 Å². The standard InChI is InChI=1S/C9H18O2/c1-8(10-2)6-9-4-3-5-11-7-9/h8-9H,3-7H2,1-2H3. The van der Waals surface area contributed by atoms with Crippen molar-refractivity contribution in [2.24, 2.45) is 5.92 Å². The predicted octanol–water partition coefficient (Wildman–Crippen LogP) is 1.84. The van der Waals surface area contributed by atoms with E-state index in [-0.39, 0.29) is 0 Å². The lowest BCUT2D eigenvalue weighted by Crippen LogP contribution is -2.21. The van der Waals surface area contributed by atoms with Crippen molar-refractivity contribution in [2.45, 2.75) is 32.3 Å². The molecule has 11 heavy (non-hydrogen) atoms. The van der Waals surface area contributed by atoms with Crippen LogP contribution in [0.15, 0.2) is 0 Å². The highest BCUT2D eigenvalue weighted by molar-refractivity contribution is 4.66. The van der Waals surface area contributed by atoms with Gasteiger partial charge in [0.05, 0.1) is 6.10 Å². The van der Waals surface area contributed by atoms with Crippen molar-refractivity contribution in [3.8, 4) is 0 Å². The van der Waals surface area contributed by atoms with Crippen LogP contribution in [-0.2, 0) is 9.47 Å². The summed E-state index contributed by atoms with van der Waals surface area (Å²) in [5.41, 5.74) is 0. The van der Waals surface area contributed by atoms with Crippen LogP contribution in [0.25, 0.3) is 0 Å². The van der Waals surface area contributed by atoms with Gasteiger partial charge >= 0.3 is 0 Å². The van der Waals surface area contributed by atoms with Gasteiger partial charge in [0.2, 0.25) is 0 Å². The Hall–Kier alpha value is -0.0800. The fraction of sp³-hybridized carbons (Fsp3) is 1.00. The lowest BCUT2D eigenvalue weighted by Gasteiger charge is -2.24. The average Bonchev–Trinajstić information content (AvgIpc) is 2.06. The maximum absolute atomic E-state index is 5.37. The monoisotopic (exact) mass is 158 g/mol. The quantitative estimate of drug-likeness (QED) is 0.624. The van der Waals surface area contributed by atoms with Gasteiger partial charge in [-0.1, -0.05) is 0 Å². The Bertz CT molecular complexity index is 97.7. The molecule has 1 fully saturated rings. The van der Waals surface area contributed by atoms with E-state index in [2.05, 4.69) is 6.92 Å². The van der Waals surface area contributed by atoms with Gasteiger partial charge in [0.1, 0.15) is 0 Å². The van der Waals surface area contributed by atoms with Gasteiger partial charge in [-0.15, -0.1) is 0 Å². The molecule has 2 nitrogen and oxygen atoms in total. The Labute approximate surface area is 68.9 Å². The number of hydrogen-bond acceptors (Lipinski definition) is 2. The molecule has 2 atom stereocenters. The van der Waals surface area contributed by atoms with Gasteiger partial charge in [-0.2, -0.15) is 0 Å².